The molecule has 17 heavy (non-hydrogen) atoms. The molecule has 0 unspecified atom stereocenters. The molecule has 6 nitrogen and oxygen atoms in total. The molecule has 1 aromatic heterocycles. The molecule has 92 valence electrons. The van der Waals surface area contributed by atoms with Crippen LogP contribution < -0.4 is 5.73 Å². The Morgan fingerprint density at radius 1 is 1.47 bits per heavy atom. The lowest BCUT2D eigenvalue weighted by Gasteiger charge is -2.33. The van der Waals surface area contributed by atoms with E-state index in [2.05, 4.69) is 5.10 Å². The Balaban J connectivity index is 2.19. The summed E-state index contributed by atoms with van der Waals surface area (Å²) in [6, 6.07) is -0.476. The van der Waals surface area contributed by atoms with E-state index in [0.717, 1.165) is 12.8 Å². The third-order valence-corrected chi connectivity index (χ3v) is 3.04. The van der Waals surface area contributed by atoms with Crippen molar-refractivity contribution in [2.75, 3.05) is 6.54 Å². The van der Waals surface area contributed by atoms with Crippen LogP contribution in [-0.4, -0.2) is 39.1 Å². The predicted octanol–water partition coefficient (Wildman–Crippen LogP) is -0.0999. The van der Waals surface area contributed by atoms with Crippen molar-refractivity contribution < 1.29 is 9.59 Å². The van der Waals surface area contributed by atoms with Gasteiger partial charge in [-0.1, -0.05) is 0 Å². The number of aryl methyl sites for hydroxylation is 1. The van der Waals surface area contributed by atoms with Gasteiger partial charge in [-0.2, -0.15) is 5.10 Å². The first-order valence-electron chi connectivity index (χ1n) is 5.68. The molecule has 2 N–H and O–H groups in total. The Kier molecular flexibility index (Phi) is 3.12. The van der Waals surface area contributed by atoms with Crippen molar-refractivity contribution >= 4 is 11.8 Å². The molecule has 0 aromatic carbocycles. The Labute approximate surface area is 99.4 Å². The van der Waals surface area contributed by atoms with Gasteiger partial charge in [-0.3, -0.25) is 14.3 Å². The maximum atomic E-state index is 12.2. The molecule has 6 heteroatoms. The number of aromatic nitrogens is 2. The summed E-state index contributed by atoms with van der Waals surface area (Å²) in [5.41, 5.74) is 5.83. The fourth-order valence-corrected chi connectivity index (χ4v) is 2.17. The fourth-order valence-electron chi connectivity index (χ4n) is 2.17. The van der Waals surface area contributed by atoms with Crippen LogP contribution in [0.3, 0.4) is 0 Å². The van der Waals surface area contributed by atoms with Crippen molar-refractivity contribution in [2.45, 2.75) is 25.3 Å². The largest absolute Gasteiger partial charge is 0.368 e. The third-order valence-electron chi connectivity index (χ3n) is 3.04. The lowest BCUT2D eigenvalue weighted by molar-refractivity contribution is -0.123. The van der Waals surface area contributed by atoms with Crippen molar-refractivity contribution in [3.8, 4) is 0 Å². The van der Waals surface area contributed by atoms with E-state index in [9.17, 15) is 9.59 Å². The molecule has 0 bridgehead atoms. The van der Waals surface area contributed by atoms with Gasteiger partial charge in [0.2, 0.25) is 5.91 Å². The Morgan fingerprint density at radius 3 is 2.82 bits per heavy atom. The molecule has 2 amide bonds. The first-order valence-corrected chi connectivity index (χ1v) is 5.68. The normalized spacial score (nSPS) is 20.3. The zero-order valence-corrected chi connectivity index (χ0v) is 9.80. The minimum Gasteiger partial charge on any atom is -0.368 e. The summed E-state index contributed by atoms with van der Waals surface area (Å²) in [5, 5.41) is 3.96. The average molecular weight is 236 g/mol. The van der Waals surface area contributed by atoms with E-state index in [0.29, 0.717) is 18.5 Å². The maximum Gasteiger partial charge on any atom is 0.257 e. The molecule has 0 saturated carbocycles. The van der Waals surface area contributed by atoms with E-state index in [-0.39, 0.29) is 5.91 Å². The van der Waals surface area contributed by atoms with Crippen LogP contribution in [0, 0.1) is 0 Å². The number of amides is 2. The average Bonchev–Trinajstić information content (AvgIpc) is 2.75. The van der Waals surface area contributed by atoms with Crippen molar-refractivity contribution in [3.63, 3.8) is 0 Å². The number of hydrogen-bond acceptors (Lipinski definition) is 3. The zero-order chi connectivity index (χ0) is 12.4. The number of nitrogens with zero attached hydrogens (tertiary/aromatic N) is 3. The highest BCUT2D eigenvalue weighted by atomic mass is 16.2. The molecular formula is C11H16N4O2. The second-order valence-electron chi connectivity index (χ2n) is 4.32. The van der Waals surface area contributed by atoms with Gasteiger partial charge < -0.3 is 10.6 Å². The number of hydrogen-bond donors (Lipinski definition) is 1. The molecule has 2 heterocycles. The molecule has 1 saturated heterocycles. The molecule has 0 spiro atoms. The number of nitrogens with two attached hydrogens (primary N) is 1. The van der Waals surface area contributed by atoms with Crippen LogP contribution in [0.25, 0.3) is 0 Å². The molecule has 2 rings (SSSR count). The SMILES string of the molecule is Cn1cc(C(=O)N2CCCC[C@@H]2C(N)=O)cn1. The van der Waals surface area contributed by atoms with E-state index in [1.54, 1.807) is 22.8 Å². The van der Waals surface area contributed by atoms with Crippen molar-refractivity contribution in [1.29, 1.82) is 0 Å². The highest BCUT2D eigenvalue weighted by Gasteiger charge is 2.31. The predicted molar refractivity (Wildman–Crippen MR) is 61.1 cm³/mol. The van der Waals surface area contributed by atoms with Crippen LogP contribution in [0.1, 0.15) is 29.6 Å². The molecule has 1 aliphatic rings. The lowest BCUT2D eigenvalue weighted by Crippen LogP contribution is -2.50. The molecule has 1 aromatic rings. The van der Waals surface area contributed by atoms with E-state index in [4.69, 9.17) is 5.73 Å². The van der Waals surface area contributed by atoms with Gasteiger partial charge in [-0.25, -0.2) is 0 Å². The minimum atomic E-state index is -0.476. The topological polar surface area (TPSA) is 81.2 Å². The van der Waals surface area contributed by atoms with Gasteiger partial charge in [-0.15, -0.1) is 0 Å². The summed E-state index contributed by atoms with van der Waals surface area (Å²) in [4.78, 5) is 25.1. The van der Waals surface area contributed by atoms with Crippen molar-refractivity contribution in [2.24, 2.45) is 12.8 Å². The quantitative estimate of drug-likeness (QED) is 0.778. The molecule has 0 aliphatic carbocycles. The van der Waals surface area contributed by atoms with Gasteiger partial charge in [0.1, 0.15) is 6.04 Å². The van der Waals surface area contributed by atoms with E-state index >= 15 is 0 Å². The zero-order valence-electron chi connectivity index (χ0n) is 9.80. The van der Waals surface area contributed by atoms with Crippen LogP contribution in [0.4, 0.5) is 0 Å². The molecule has 1 fully saturated rings. The smallest absolute Gasteiger partial charge is 0.257 e. The highest BCUT2D eigenvalue weighted by molar-refractivity contribution is 5.97. The number of likely N-dealkylation sites (tertiary alicyclic amines) is 1. The summed E-state index contributed by atoms with van der Waals surface area (Å²) in [5.74, 6) is -0.594. The van der Waals surface area contributed by atoms with Crippen LogP contribution in [0.15, 0.2) is 12.4 Å². The van der Waals surface area contributed by atoms with Gasteiger partial charge >= 0.3 is 0 Å². The number of piperidine rings is 1. The Morgan fingerprint density at radius 2 is 2.24 bits per heavy atom. The Bertz CT molecular complexity index is 440. The van der Waals surface area contributed by atoms with Gasteiger partial charge in [0.25, 0.3) is 5.91 Å². The van der Waals surface area contributed by atoms with Gasteiger partial charge in [0, 0.05) is 19.8 Å². The fraction of sp³-hybridized carbons (Fsp3) is 0.545. The number of rotatable bonds is 2. The second-order valence-corrected chi connectivity index (χ2v) is 4.32. The number of primary amides is 1. The monoisotopic (exact) mass is 236 g/mol. The maximum absolute atomic E-state index is 12.2. The van der Waals surface area contributed by atoms with Crippen molar-refractivity contribution in [1.82, 2.24) is 14.7 Å². The summed E-state index contributed by atoms with van der Waals surface area (Å²) in [7, 11) is 1.75. The standard InChI is InChI=1S/C11H16N4O2/c1-14-7-8(6-13-14)11(17)15-5-3-2-4-9(15)10(12)16/h6-7,9H,2-5H2,1H3,(H2,12,16)/t9-/m1/s1. The second kappa shape index (κ2) is 4.57. The van der Waals surface area contributed by atoms with E-state index in [1.165, 1.54) is 6.20 Å². The summed E-state index contributed by atoms with van der Waals surface area (Å²) < 4.78 is 1.57. The first kappa shape index (κ1) is 11.6. The first-order chi connectivity index (χ1) is 8.09. The van der Waals surface area contributed by atoms with Crippen LogP contribution in [-0.2, 0) is 11.8 Å². The minimum absolute atomic E-state index is 0.165. The summed E-state index contributed by atoms with van der Waals surface area (Å²) in [6.07, 6.45) is 5.66. The molecular weight excluding hydrogens is 220 g/mol. The number of carbonyl (C=O) groups excluding carboxylic acids is 2. The third kappa shape index (κ3) is 2.30. The van der Waals surface area contributed by atoms with E-state index < -0.39 is 11.9 Å². The van der Waals surface area contributed by atoms with Crippen LogP contribution >= 0.6 is 0 Å². The molecule has 1 atom stereocenters. The molecule has 1 aliphatic heterocycles. The van der Waals surface area contributed by atoms with Gasteiger partial charge in [-0.05, 0) is 19.3 Å². The highest BCUT2D eigenvalue weighted by Crippen LogP contribution is 2.19. The number of carbonyl (C=O) groups is 2. The van der Waals surface area contributed by atoms with E-state index in [1.807, 2.05) is 0 Å². The summed E-state index contributed by atoms with van der Waals surface area (Å²) in [6.45, 7) is 0.585. The lowest BCUT2D eigenvalue weighted by atomic mass is 10.0. The van der Waals surface area contributed by atoms with Crippen LogP contribution in [0.2, 0.25) is 0 Å². The van der Waals surface area contributed by atoms with Crippen molar-refractivity contribution in [3.05, 3.63) is 18.0 Å². The van der Waals surface area contributed by atoms with Gasteiger partial charge in [0.15, 0.2) is 0 Å². The summed E-state index contributed by atoms with van der Waals surface area (Å²) >= 11 is 0. The van der Waals surface area contributed by atoms with Crippen LogP contribution in [0.5, 0.6) is 0 Å². The van der Waals surface area contributed by atoms with Gasteiger partial charge in [0.05, 0.1) is 11.8 Å². The molecule has 0 radical (unpaired) electrons. The Hall–Kier alpha value is -1.85.